The van der Waals surface area contributed by atoms with Gasteiger partial charge in [-0.25, -0.2) is 0 Å². The molecule has 1 rings (SSSR count). The molecule has 92 valence electrons. The first-order valence-electron chi connectivity index (χ1n) is 5.45. The van der Waals surface area contributed by atoms with Crippen molar-refractivity contribution in [2.24, 2.45) is 5.92 Å². The van der Waals surface area contributed by atoms with Gasteiger partial charge in [0, 0.05) is 18.7 Å². The summed E-state index contributed by atoms with van der Waals surface area (Å²) in [5.74, 6) is -2.05. The Balaban J connectivity index is 2.25. The fraction of sp³-hybridized carbons (Fsp3) is 0.417. The zero-order valence-electron chi connectivity index (χ0n) is 9.46. The number of nitrogens with zero attached hydrogens (tertiary/aromatic N) is 1. The number of hydrogen-bond acceptors (Lipinski definition) is 3. The van der Waals surface area contributed by atoms with Gasteiger partial charge in [0.05, 0.1) is 5.92 Å². The maximum atomic E-state index is 11.2. The summed E-state index contributed by atoms with van der Waals surface area (Å²) in [7, 11) is 0. The van der Waals surface area contributed by atoms with Crippen molar-refractivity contribution in [1.82, 2.24) is 4.90 Å². The molecular weight excluding hydrogens is 222 g/mol. The first kappa shape index (κ1) is 13.2. The van der Waals surface area contributed by atoms with E-state index < -0.39 is 11.9 Å². The van der Waals surface area contributed by atoms with Gasteiger partial charge < -0.3 is 5.11 Å². The quantitative estimate of drug-likeness (QED) is 0.406. The number of unbranched alkanes of at least 4 members (excludes halogenated alkanes) is 1. The van der Waals surface area contributed by atoms with Gasteiger partial charge in [-0.05, 0) is 12.8 Å². The number of carboxylic acids is 1. The third kappa shape index (κ3) is 3.55. The number of carbonyl (C=O) groups excluding carboxylic acids is 2. The van der Waals surface area contributed by atoms with E-state index >= 15 is 0 Å². The van der Waals surface area contributed by atoms with E-state index in [1.54, 1.807) is 0 Å². The van der Waals surface area contributed by atoms with Gasteiger partial charge >= 0.3 is 5.97 Å². The summed E-state index contributed by atoms with van der Waals surface area (Å²) in [6.45, 7) is 3.79. The Kier molecular flexibility index (Phi) is 4.63. The first-order valence-corrected chi connectivity index (χ1v) is 5.45. The van der Waals surface area contributed by atoms with Crippen LogP contribution in [0.2, 0.25) is 0 Å². The molecule has 5 nitrogen and oxygen atoms in total. The molecule has 0 aromatic rings. The van der Waals surface area contributed by atoms with Gasteiger partial charge in [0.2, 0.25) is 0 Å². The molecule has 0 aromatic heterocycles. The molecule has 5 heteroatoms. The molecule has 0 aliphatic carbocycles. The second-order valence-corrected chi connectivity index (χ2v) is 3.84. The third-order valence-electron chi connectivity index (χ3n) is 2.65. The number of carboxylic acid groups (broad SMARTS) is 1. The van der Waals surface area contributed by atoms with Gasteiger partial charge in [0.25, 0.3) is 11.8 Å². The van der Waals surface area contributed by atoms with Crippen molar-refractivity contribution in [2.75, 3.05) is 6.54 Å². The fourth-order valence-corrected chi connectivity index (χ4v) is 1.63. The number of aliphatic carboxylic acids is 1. The number of carbonyl (C=O) groups is 3. The SMILES string of the molecule is C=CC(CCCCN1C(=O)C=CC1=O)C(=O)O. The van der Waals surface area contributed by atoms with Gasteiger partial charge in [-0.15, -0.1) is 6.58 Å². The zero-order valence-corrected chi connectivity index (χ0v) is 9.46. The van der Waals surface area contributed by atoms with E-state index in [0.717, 1.165) is 4.90 Å². The zero-order chi connectivity index (χ0) is 12.8. The largest absolute Gasteiger partial charge is 0.481 e. The second kappa shape index (κ2) is 5.98. The first-order chi connectivity index (χ1) is 8.06. The predicted octanol–water partition coefficient (Wildman–Crippen LogP) is 0.969. The minimum atomic E-state index is -0.894. The highest BCUT2D eigenvalue weighted by atomic mass is 16.4. The van der Waals surface area contributed by atoms with Gasteiger partial charge in [-0.3, -0.25) is 19.3 Å². The summed E-state index contributed by atoms with van der Waals surface area (Å²) < 4.78 is 0. The number of rotatable bonds is 7. The Labute approximate surface area is 99.4 Å². The Hall–Kier alpha value is -1.91. The maximum Gasteiger partial charge on any atom is 0.310 e. The summed E-state index contributed by atoms with van der Waals surface area (Å²) in [5, 5.41) is 8.77. The summed E-state index contributed by atoms with van der Waals surface area (Å²) >= 11 is 0. The van der Waals surface area contributed by atoms with E-state index in [4.69, 9.17) is 5.11 Å². The van der Waals surface area contributed by atoms with Crippen LogP contribution in [0.25, 0.3) is 0 Å². The highest BCUT2D eigenvalue weighted by Crippen LogP contribution is 2.12. The molecule has 0 radical (unpaired) electrons. The highest BCUT2D eigenvalue weighted by Gasteiger charge is 2.22. The molecule has 2 amide bonds. The molecule has 1 aliphatic rings. The van der Waals surface area contributed by atoms with Crippen molar-refractivity contribution >= 4 is 17.8 Å². The molecule has 0 spiro atoms. The monoisotopic (exact) mass is 237 g/mol. The van der Waals surface area contributed by atoms with Crippen LogP contribution in [0, 0.1) is 5.92 Å². The van der Waals surface area contributed by atoms with E-state index in [1.165, 1.54) is 18.2 Å². The van der Waals surface area contributed by atoms with Crippen LogP contribution in [0.4, 0.5) is 0 Å². The second-order valence-electron chi connectivity index (χ2n) is 3.84. The molecule has 1 heterocycles. The lowest BCUT2D eigenvalue weighted by Gasteiger charge is -2.13. The molecule has 1 unspecified atom stereocenters. The van der Waals surface area contributed by atoms with Gasteiger partial charge in [0.15, 0.2) is 0 Å². The van der Waals surface area contributed by atoms with E-state index in [1.807, 2.05) is 0 Å². The number of amides is 2. The summed E-state index contributed by atoms with van der Waals surface area (Å²) in [6.07, 6.45) is 5.60. The van der Waals surface area contributed by atoms with Crippen LogP contribution in [-0.2, 0) is 14.4 Å². The fourth-order valence-electron chi connectivity index (χ4n) is 1.63. The number of hydrogen-bond donors (Lipinski definition) is 1. The van der Waals surface area contributed by atoms with Crippen LogP contribution in [0.3, 0.4) is 0 Å². The summed E-state index contributed by atoms with van der Waals surface area (Å²) in [4.78, 5) is 34.2. The van der Waals surface area contributed by atoms with Gasteiger partial charge in [-0.1, -0.05) is 12.5 Å². The Morgan fingerprint density at radius 2 is 1.94 bits per heavy atom. The van der Waals surface area contributed by atoms with Crippen LogP contribution in [0.1, 0.15) is 19.3 Å². The van der Waals surface area contributed by atoms with Crippen LogP contribution in [0.5, 0.6) is 0 Å². The van der Waals surface area contributed by atoms with Crippen molar-refractivity contribution < 1.29 is 19.5 Å². The van der Waals surface area contributed by atoms with E-state index in [0.29, 0.717) is 25.8 Å². The van der Waals surface area contributed by atoms with Crippen molar-refractivity contribution in [3.8, 4) is 0 Å². The normalized spacial score (nSPS) is 16.4. The third-order valence-corrected chi connectivity index (χ3v) is 2.65. The minimum absolute atomic E-state index is 0.298. The van der Waals surface area contributed by atoms with Crippen molar-refractivity contribution in [3.05, 3.63) is 24.8 Å². The van der Waals surface area contributed by atoms with Crippen LogP contribution >= 0.6 is 0 Å². The van der Waals surface area contributed by atoms with Crippen molar-refractivity contribution in [3.63, 3.8) is 0 Å². The van der Waals surface area contributed by atoms with Crippen LogP contribution in [0.15, 0.2) is 24.8 Å². The van der Waals surface area contributed by atoms with Crippen molar-refractivity contribution in [1.29, 1.82) is 0 Å². The summed E-state index contributed by atoms with van der Waals surface area (Å²) in [6, 6.07) is 0. The Morgan fingerprint density at radius 3 is 2.41 bits per heavy atom. The lowest BCUT2D eigenvalue weighted by atomic mass is 10.0. The summed E-state index contributed by atoms with van der Waals surface area (Å²) in [5.41, 5.74) is 0. The van der Waals surface area contributed by atoms with Crippen LogP contribution in [-0.4, -0.2) is 34.3 Å². The molecule has 1 N–H and O–H groups in total. The van der Waals surface area contributed by atoms with E-state index in [9.17, 15) is 14.4 Å². The molecule has 17 heavy (non-hydrogen) atoms. The molecule has 0 bridgehead atoms. The Morgan fingerprint density at radius 1 is 1.35 bits per heavy atom. The molecule has 0 aromatic carbocycles. The average molecular weight is 237 g/mol. The maximum absolute atomic E-state index is 11.2. The van der Waals surface area contributed by atoms with Gasteiger partial charge in [0.1, 0.15) is 0 Å². The van der Waals surface area contributed by atoms with Crippen LogP contribution < -0.4 is 0 Å². The molecule has 1 atom stereocenters. The standard InChI is InChI=1S/C12H15NO4/c1-2-9(12(16)17)5-3-4-8-13-10(14)6-7-11(13)15/h2,6-7,9H,1,3-5,8H2,(H,16,17). The predicted molar refractivity (Wildman–Crippen MR) is 61.0 cm³/mol. The molecule has 0 saturated carbocycles. The highest BCUT2D eigenvalue weighted by molar-refractivity contribution is 6.12. The average Bonchev–Trinajstić information content (AvgIpc) is 2.59. The van der Waals surface area contributed by atoms with E-state index in [-0.39, 0.29) is 11.8 Å². The van der Waals surface area contributed by atoms with E-state index in [2.05, 4.69) is 6.58 Å². The van der Waals surface area contributed by atoms with Crippen molar-refractivity contribution in [2.45, 2.75) is 19.3 Å². The molecule has 0 fully saturated rings. The number of imide groups is 1. The lowest BCUT2D eigenvalue weighted by molar-refractivity contribution is -0.141. The van der Waals surface area contributed by atoms with Gasteiger partial charge in [-0.2, -0.15) is 0 Å². The smallest absolute Gasteiger partial charge is 0.310 e. The molecular formula is C12H15NO4. The lowest BCUT2D eigenvalue weighted by Crippen LogP contribution is -2.30. The molecule has 0 saturated heterocycles. The minimum Gasteiger partial charge on any atom is -0.481 e. The topological polar surface area (TPSA) is 74.7 Å². The Bertz CT molecular complexity index is 355. The molecule has 1 aliphatic heterocycles.